The lowest BCUT2D eigenvalue weighted by atomic mass is 10.1. The van der Waals surface area contributed by atoms with E-state index < -0.39 is 0 Å². The van der Waals surface area contributed by atoms with E-state index >= 15 is 0 Å². The van der Waals surface area contributed by atoms with Crippen molar-refractivity contribution >= 4 is 15.9 Å². The smallest absolute Gasteiger partial charge is 0.130 e. The highest BCUT2D eigenvalue weighted by Crippen LogP contribution is 2.29. The van der Waals surface area contributed by atoms with Gasteiger partial charge in [-0.15, -0.1) is 0 Å². The first-order valence-electron chi connectivity index (χ1n) is 3.50. The first kappa shape index (κ1) is 9.08. The van der Waals surface area contributed by atoms with Gasteiger partial charge in [0.05, 0.1) is 17.0 Å². The highest BCUT2D eigenvalue weighted by Gasteiger charge is 2.05. The minimum Gasteiger partial charge on any atom is -0.507 e. The molecule has 12 heavy (non-hydrogen) atoms. The largest absolute Gasteiger partial charge is 0.507 e. The summed E-state index contributed by atoms with van der Waals surface area (Å²) in [6.07, 6.45) is 0.380. The number of nitriles is 1. The van der Waals surface area contributed by atoms with Gasteiger partial charge in [-0.1, -0.05) is 6.07 Å². The summed E-state index contributed by atoms with van der Waals surface area (Å²) >= 11 is 3.24. The summed E-state index contributed by atoms with van der Waals surface area (Å²) in [6, 6.07) is 5.42. The molecule has 0 saturated carbocycles. The van der Waals surface area contributed by atoms with Crippen molar-refractivity contribution in [3.05, 3.63) is 27.7 Å². The molecule has 0 saturated heterocycles. The molecule has 0 amide bonds. The Labute approximate surface area is 79.6 Å². The minimum absolute atomic E-state index is 0.217. The van der Waals surface area contributed by atoms with Gasteiger partial charge < -0.3 is 5.11 Å². The quantitative estimate of drug-likeness (QED) is 0.799. The summed E-state index contributed by atoms with van der Waals surface area (Å²) < 4.78 is 0.676. The molecule has 0 aliphatic heterocycles. The third-order valence-electron chi connectivity index (χ3n) is 1.75. The molecule has 0 unspecified atom stereocenters. The summed E-state index contributed by atoms with van der Waals surface area (Å²) in [5.74, 6) is 0.217. The van der Waals surface area contributed by atoms with E-state index in [0.717, 1.165) is 11.1 Å². The van der Waals surface area contributed by atoms with E-state index in [4.69, 9.17) is 5.26 Å². The fourth-order valence-electron chi connectivity index (χ4n) is 0.987. The third-order valence-corrected chi connectivity index (χ3v) is 2.75. The zero-order valence-electron chi connectivity index (χ0n) is 6.63. The van der Waals surface area contributed by atoms with Gasteiger partial charge in [0.2, 0.25) is 0 Å². The van der Waals surface area contributed by atoms with Crippen LogP contribution < -0.4 is 0 Å². The first-order chi connectivity index (χ1) is 5.66. The van der Waals surface area contributed by atoms with Gasteiger partial charge in [0, 0.05) is 0 Å². The summed E-state index contributed by atoms with van der Waals surface area (Å²) in [7, 11) is 0. The predicted octanol–water partition coefficient (Wildman–Crippen LogP) is 2.53. The minimum atomic E-state index is 0.217. The van der Waals surface area contributed by atoms with Gasteiger partial charge >= 0.3 is 0 Å². The van der Waals surface area contributed by atoms with Gasteiger partial charge in [-0.3, -0.25) is 0 Å². The van der Waals surface area contributed by atoms with Crippen molar-refractivity contribution in [1.29, 1.82) is 5.26 Å². The van der Waals surface area contributed by atoms with E-state index in [0.29, 0.717) is 10.9 Å². The van der Waals surface area contributed by atoms with Crippen molar-refractivity contribution < 1.29 is 5.11 Å². The fourth-order valence-corrected chi connectivity index (χ4v) is 1.37. The van der Waals surface area contributed by atoms with Crippen molar-refractivity contribution in [2.75, 3.05) is 0 Å². The van der Waals surface area contributed by atoms with Crippen molar-refractivity contribution in [2.45, 2.75) is 13.3 Å². The second-order valence-electron chi connectivity index (χ2n) is 2.52. The van der Waals surface area contributed by atoms with Crippen LogP contribution in [0.15, 0.2) is 16.6 Å². The van der Waals surface area contributed by atoms with E-state index in [2.05, 4.69) is 22.0 Å². The van der Waals surface area contributed by atoms with Crippen LogP contribution in [0.2, 0.25) is 0 Å². The Balaban J connectivity index is 3.19. The van der Waals surface area contributed by atoms with Crippen LogP contribution in [0.25, 0.3) is 0 Å². The Morgan fingerprint density at radius 3 is 2.83 bits per heavy atom. The number of halogens is 1. The van der Waals surface area contributed by atoms with E-state index in [-0.39, 0.29) is 5.75 Å². The lowest BCUT2D eigenvalue weighted by Gasteiger charge is -2.05. The summed E-state index contributed by atoms with van der Waals surface area (Å²) in [5.41, 5.74) is 1.87. The molecule has 0 atom stereocenters. The molecule has 1 aromatic rings. The zero-order chi connectivity index (χ0) is 9.14. The van der Waals surface area contributed by atoms with E-state index in [9.17, 15) is 5.11 Å². The SMILES string of the molecule is Cc1c(CC#N)ccc(O)c1Br. The number of aromatic hydroxyl groups is 1. The van der Waals surface area contributed by atoms with Crippen molar-refractivity contribution in [3.8, 4) is 11.8 Å². The molecule has 62 valence electrons. The van der Waals surface area contributed by atoms with E-state index in [1.54, 1.807) is 12.1 Å². The fraction of sp³-hybridized carbons (Fsp3) is 0.222. The number of rotatable bonds is 1. The molecule has 0 aromatic heterocycles. The highest BCUT2D eigenvalue weighted by atomic mass is 79.9. The number of hydrogen-bond donors (Lipinski definition) is 1. The molecule has 2 nitrogen and oxygen atoms in total. The normalized spacial score (nSPS) is 9.42. The molecule has 0 heterocycles. The number of benzene rings is 1. The lowest BCUT2D eigenvalue weighted by Crippen LogP contribution is -1.88. The van der Waals surface area contributed by atoms with Gasteiger partial charge in [-0.25, -0.2) is 0 Å². The summed E-state index contributed by atoms with van der Waals surface area (Å²) in [5, 5.41) is 17.7. The molecule has 0 fully saturated rings. The number of hydrogen-bond acceptors (Lipinski definition) is 2. The molecular weight excluding hydrogens is 218 g/mol. The van der Waals surface area contributed by atoms with Crippen LogP contribution >= 0.6 is 15.9 Å². The monoisotopic (exact) mass is 225 g/mol. The number of phenols is 1. The Bertz CT molecular complexity index is 341. The molecule has 1 rings (SSSR count). The molecule has 1 N–H and O–H groups in total. The van der Waals surface area contributed by atoms with Gasteiger partial charge in [0.25, 0.3) is 0 Å². The van der Waals surface area contributed by atoms with Crippen LogP contribution in [0, 0.1) is 18.3 Å². The number of nitrogens with zero attached hydrogens (tertiary/aromatic N) is 1. The van der Waals surface area contributed by atoms with Gasteiger partial charge in [0.1, 0.15) is 5.75 Å². The second kappa shape index (κ2) is 3.59. The molecule has 0 radical (unpaired) electrons. The lowest BCUT2D eigenvalue weighted by molar-refractivity contribution is 0.471. The molecular formula is C9H8BrNO. The molecule has 1 aromatic carbocycles. The van der Waals surface area contributed by atoms with Crippen molar-refractivity contribution in [2.24, 2.45) is 0 Å². The Morgan fingerprint density at radius 2 is 2.25 bits per heavy atom. The third kappa shape index (κ3) is 1.59. The van der Waals surface area contributed by atoms with Crippen molar-refractivity contribution in [3.63, 3.8) is 0 Å². The number of phenolic OH excluding ortho intramolecular Hbond substituents is 1. The maximum absolute atomic E-state index is 9.26. The predicted molar refractivity (Wildman–Crippen MR) is 49.9 cm³/mol. The van der Waals surface area contributed by atoms with Gasteiger partial charge in [0.15, 0.2) is 0 Å². The molecule has 0 aliphatic carbocycles. The summed E-state index contributed by atoms with van der Waals surface area (Å²) in [6.45, 7) is 1.87. The van der Waals surface area contributed by atoms with Crippen LogP contribution in [-0.2, 0) is 6.42 Å². The topological polar surface area (TPSA) is 44.0 Å². The second-order valence-corrected chi connectivity index (χ2v) is 3.31. The first-order valence-corrected chi connectivity index (χ1v) is 4.30. The van der Waals surface area contributed by atoms with Gasteiger partial charge in [-0.05, 0) is 40.0 Å². The van der Waals surface area contributed by atoms with Crippen LogP contribution in [0.4, 0.5) is 0 Å². The van der Waals surface area contributed by atoms with Crippen LogP contribution in [0.1, 0.15) is 11.1 Å². The maximum atomic E-state index is 9.26. The maximum Gasteiger partial charge on any atom is 0.130 e. The van der Waals surface area contributed by atoms with Crippen LogP contribution in [-0.4, -0.2) is 5.11 Å². The van der Waals surface area contributed by atoms with E-state index in [1.165, 1.54) is 0 Å². The Hall–Kier alpha value is -1.01. The van der Waals surface area contributed by atoms with Crippen molar-refractivity contribution in [1.82, 2.24) is 0 Å². The molecule has 0 spiro atoms. The van der Waals surface area contributed by atoms with Crippen LogP contribution in [0.5, 0.6) is 5.75 Å². The average molecular weight is 226 g/mol. The van der Waals surface area contributed by atoms with E-state index in [1.807, 2.05) is 6.92 Å². The summed E-state index contributed by atoms with van der Waals surface area (Å²) in [4.78, 5) is 0. The molecule has 3 heteroatoms. The average Bonchev–Trinajstić information content (AvgIpc) is 2.07. The Morgan fingerprint density at radius 1 is 1.58 bits per heavy atom. The van der Waals surface area contributed by atoms with Crippen LogP contribution in [0.3, 0.4) is 0 Å². The standard InChI is InChI=1S/C9H8BrNO/c1-6-7(4-5-11)2-3-8(12)9(6)10/h2-3,12H,4H2,1H3. The highest BCUT2D eigenvalue weighted by molar-refractivity contribution is 9.10. The Kier molecular flexibility index (Phi) is 2.72. The molecule has 0 bridgehead atoms. The zero-order valence-corrected chi connectivity index (χ0v) is 8.22. The molecule has 0 aliphatic rings. The van der Waals surface area contributed by atoms with Gasteiger partial charge in [-0.2, -0.15) is 5.26 Å².